The second-order valence-corrected chi connectivity index (χ2v) is 6.90. The maximum atomic E-state index is 13.6. The molecule has 0 saturated carbocycles. The van der Waals surface area contributed by atoms with Crippen molar-refractivity contribution in [2.75, 3.05) is 18.1 Å². The molecule has 0 aliphatic heterocycles. The Balaban J connectivity index is 1.66. The molecule has 0 spiro atoms. The number of carbonyl (C=O) groups is 2. The zero-order chi connectivity index (χ0) is 22.2. The average Bonchev–Trinajstić information content (AvgIpc) is 2.77. The number of halogens is 1. The van der Waals surface area contributed by atoms with Gasteiger partial charge in [-0.25, -0.2) is 9.18 Å². The van der Waals surface area contributed by atoms with Gasteiger partial charge in [0.1, 0.15) is 11.6 Å². The van der Waals surface area contributed by atoms with Crippen molar-refractivity contribution in [3.05, 3.63) is 84.2 Å². The van der Waals surface area contributed by atoms with Gasteiger partial charge in [0, 0.05) is 12.6 Å². The van der Waals surface area contributed by atoms with E-state index in [0.29, 0.717) is 24.6 Å². The van der Waals surface area contributed by atoms with E-state index in [1.54, 1.807) is 31.2 Å². The van der Waals surface area contributed by atoms with E-state index in [2.05, 4.69) is 0 Å². The summed E-state index contributed by atoms with van der Waals surface area (Å²) in [5.41, 5.74) is 3.44. The van der Waals surface area contributed by atoms with Gasteiger partial charge in [-0.3, -0.25) is 4.79 Å². The molecule has 0 aliphatic rings. The summed E-state index contributed by atoms with van der Waals surface area (Å²) in [6.45, 7) is 3.75. The van der Waals surface area contributed by atoms with E-state index < -0.39 is 5.97 Å². The van der Waals surface area contributed by atoms with Crippen LogP contribution in [0.4, 0.5) is 10.1 Å². The minimum atomic E-state index is -0.403. The van der Waals surface area contributed by atoms with Crippen molar-refractivity contribution in [3.63, 3.8) is 0 Å². The number of esters is 1. The molecule has 0 atom stereocenters. The number of rotatable bonds is 8. The Kier molecular flexibility index (Phi) is 7.38. The smallest absolute Gasteiger partial charge is 0.344 e. The van der Waals surface area contributed by atoms with Crippen molar-refractivity contribution in [2.45, 2.75) is 20.4 Å². The monoisotopic (exact) mass is 421 g/mol. The third-order valence-corrected chi connectivity index (χ3v) is 4.64. The van der Waals surface area contributed by atoms with Crippen LogP contribution in [0.25, 0.3) is 11.1 Å². The molecule has 3 aromatic rings. The second-order valence-electron chi connectivity index (χ2n) is 6.90. The SMILES string of the molecule is CCOC(=O)COc1ccc(-c2ccc(CN(C(C)=O)c3cccc(F)c3)cc2)cc1. The van der Waals surface area contributed by atoms with Crippen molar-refractivity contribution >= 4 is 17.6 Å². The summed E-state index contributed by atoms with van der Waals surface area (Å²) < 4.78 is 23.8. The van der Waals surface area contributed by atoms with Crippen molar-refractivity contribution < 1.29 is 23.5 Å². The molecule has 0 unspecified atom stereocenters. The van der Waals surface area contributed by atoms with E-state index in [1.165, 1.54) is 24.0 Å². The van der Waals surface area contributed by atoms with Crippen LogP contribution in [0.5, 0.6) is 5.75 Å². The first-order chi connectivity index (χ1) is 15.0. The highest BCUT2D eigenvalue weighted by molar-refractivity contribution is 5.91. The lowest BCUT2D eigenvalue weighted by Crippen LogP contribution is -2.27. The van der Waals surface area contributed by atoms with Crippen molar-refractivity contribution in [2.24, 2.45) is 0 Å². The van der Waals surface area contributed by atoms with Crippen LogP contribution >= 0.6 is 0 Å². The highest BCUT2D eigenvalue weighted by atomic mass is 19.1. The van der Waals surface area contributed by atoms with Gasteiger partial charge in [0.25, 0.3) is 0 Å². The van der Waals surface area contributed by atoms with Gasteiger partial charge >= 0.3 is 5.97 Å². The highest BCUT2D eigenvalue weighted by Gasteiger charge is 2.13. The lowest BCUT2D eigenvalue weighted by atomic mass is 10.0. The fourth-order valence-corrected chi connectivity index (χ4v) is 3.10. The van der Waals surface area contributed by atoms with Crippen LogP contribution in [-0.4, -0.2) is 25.1 Å². The second kappa shape index (κ2) is 10.4. The first-order valence-corrected chi connectivity index (χ1v) is 9.97. The molecule has 0 saturated heterocycles. The van der Waals surface area contributed by atoms with Crippen molar-refractivity contribution in [1.82, 2.24) is 0 Å². The molecule has 160 valence electrons. The van der Waals surface area contributed by atoms with Gasteiger partial charge in [-0.1, -0.05) is 42.5 Å². The molecule has 5 nitrogen and oxygen atoms in total. The molecule has 31 heavy (non-hydrogen) atoms. The van der Waals surface area contributed by atoms with E-state index in [-0.39, 0.29) is 18.3 Å². The number of anilines is 1. The molecule has 0 heterocycles. The number of carbonyl (C=O) groups excluding carboxylic acids is 2. The molecule has 3 aromatic carbocycles. The Hall–Kier alpha value is -3.67. The van der Waals surface area contributed by atoms with Gasteiger partial charge in [0.05, 0.1) is 13.2 Å². The van der Waals surface area contributed by atoms with Crippen molar-refractivity contribution in [3.8, 4) is 16.9 Å². The predicted molar refractivity (Wildman–Crippen MR) is 117 cm³/mol. The summed E-state index contributed by atoms with van der Waals surface area (Å²) in [5.74, 6) is -0.359. The summed E-state index contributed by atoms with van der Waals surface area (Å²) in [5, 5.41) is 0. The van der Waals surface area contributed by atoms with E-state index in [4.69, 9.17) is 9.47 Å². The zero-order valence-electron chi connectivity index (χ0n) is 17.5. The van der Waals surface area contributed by atoms with E-state index >= 15 is 0 Å². The standard InChI is InChI=1S/C25H24FNO4/c1-3-30-25(29)17-31-24-13-11-21(12-14-24)20-9-7-19(8-10-20)16-27(18(2)28)23-6-4-5-22(26)15-23/h4-15H,3,16-17H2,1-2H3. The maximum absolute atomic E-state index is 13.6. The Bertz CT molecular complexity index is 1030. The normalized spacial score (nSPS) is 10.4. The number of ether oxygens (including phenoxy) is 2. The molecule has 0 fully saturated rings. The van der Waals surface area contributed by atoms with Crippen LogP contribution in [0, 0.1) is 5.82 Å². The minimum absolute atomic E-state index is 0.125. The summed E-state index contributed by atoms with van der Waals surface area (Å²) in [4.78, 5) is 25.0. The highest BCUT2D eigenvalue weighted by Crippen LogP contribution is 2.24. The van der Waals surface area contributed by atoms with Crippen LogP contribution in [0.1, 0.15) is 19.4 Å². The molecule has 6 heteroatoms. The molecule has 0 N–H and O–H groups in total. The predicted octanol–water partition coefficient (Wildman–Crippen LogP) is 4.99. The number of amides is 1. The van der Waals surface area contributed by atoms with E-state index in [9.17, 15) is 14.0 Å². The Morgan fingerprint density at radius 1 is 0.935 bits per heavy atom. The number of hydrogen-bond donors (Lipinski definition) is 0. The van der Waals surface area contributed by atoms with Gasteiger partial charge in [-0.15, -0.1) is 0 Å². The molecular weight excluding hydrogens is 397 g/mol. The fourth-order valence-electron chi connectivity index (χ4n) is 3.10. The van der Waals surface area contributed by atoms with Gasteiger partial charge in [0.15, 0.2) is 6.61 Å². The third kappa shape index (κ3) is 6.15. The molecule has 3 rings (SSSR count). The molecule has 0 aliphatic carbocycles. The molecule has 0 radical (unpaired) electrons. The van der Waals surface area contributed by atoms with Gasteiger partial charge < -0.3 is 14.4 Å². The summed E-state index contributed by atoms with van der Waals surface area (Å²) in [6, 6.07) is 21.2. The topological polar surface area (TPSA) is 55.8 Å². The zero-order valence-corrected chi connectivity index (χ0v) is 17.5. The molecule has 0 aromatic heterocycles. The maximum Gasteiger partial charge on any atom is 0.344 e. The summed E-state index contributed by atoms with van der Waals surface area (Å²) in [7, 11) is 0. The van der Waals surface area contributed by atoms with Gasteiger partial charge in [-0.05, 0) is 53.9 Å². The molecule has 1 amide bonds. The largest absolute Gasteiger partial charge is 0.482 e. The Morgan fingerprint density at radius 2 is 1.58 bits per heavy atom. The van der Waals surface area contributed by atoms with E-state index in [0.717, 1.165) is 16.7 Å². The van der Waals surface area contributed by atoms with Crippen LogP contribution in [0.2, 0.25) is 0 Å². The first kappa shape index (κ1) is 22.0. The first-order valence-electron chi connectivity index (χ1n) is 9.97. The van der Waals surface area contributed by atoms with E-state index in [1.807, 2.05) is 36.4 Å². The van der Waals surface area contributed by atoms with Crippen LogP contribution in [0.15, 0.2) is 72.8 Å². The summed E-state index contributed by atoms with van der Waals surface area (Å²) in [6.07, 6.45) is 0. The van der Waals surface area contributed by atoms with Crippen LogP contribution < -0.4 is 9.64 Å². The average molecular weight is 421 g/mol. The number of hydrogen-bond acceptors (Lipinski definition) is 4. The van der Waals surface area contributed by atoms with Gasteiger partial charge in [0.2, 0.25) is 5.91 Å². The van der Waals surface area contributed by atoms with Crippen LogP contribution in [-0.2, 0) is 20.9 Å². The Labute approximate surface area is 181 Å². The minimum Gasteiger partial charge on any atom is -0.482 e. The lowest BCUT2D eigenvalue weighted by Gasteiger charge is -2.21. The quantitative estimate of drug-likeness (QED) is 0.481. The van der Waals surface area contributed by atoms with Gasteiger partial charge in [-0.2, -0.15) is 0 Å². The number of benzene rings is 3. The fraction of sp³-hybridized carbons (Fsp3) is 0.200. The number of nitrogens with zero attached hydrogens (tertiary/aromatic N) is 1. The molecular formula is C25H24FNO4. The summed E-state index contributed by atoms with van der Waals surface area (Å²) >= 11 is 0. The Morgan fingerprint density at radius 3 is 2.16 bits per heavy atom. The molecule has 0 bridgehead atoms. The van der Waals surface area contributed by atoms with Crippen LogP contribution in [0.3, 0.4) is 0 Å². The third-order valence-electron chi connectivity index (χ3n) is 4.64. The lowest BCUT2D eigenvalue weighted by molar-refractivity contribution is -0.145. The van der Waals surface area contributed by atoms with Crippen molar-refractivity contribution in [1.29, 1.82) is 0 Å².